The largest absolute Gasteiger partial charge is 0.351 e. The molecule has 0 aromatic heterocycles. The molecular weight excluding hydrogens is 263 g/mol. The molecule has 0 spiro atoms. The fourth-order valence-electron chi connectivity index (χ4n) is 1.04. The van der Waals surface area contributed by atoms with Crippen LogP contribution in [0.4, 0.5) is 4.39 Å². The Morgan fingerprint density at radius 1 is 1.47 bits per heavy atom. The average Bonchev–Trinajstić information content (AvgIpc) is 2.22. The van der Waals surface area contributed by atoms with Gasteiger partial charge in [-0.15, -0.1) is 0 Å². The van der Waals surface area contributed by atoms with Crippen LogP contribution in [0.1, 0.15) is 10.4 Å². The number of hydrogen-bond acceptors (Lipinski definition) is 2. The molecule has 1 rings (SSSR count). The van der Waals surface area contributed by atoms with Crippen LogP contribution in [-0.4, -0.2) is 26.0 Å². The number of carbonyl (C=O) groups is 1. The zero-order chi connectivity index (χ0) is 11.3. The highest BCUT2D eigenvalue weighted by atomic mass is 79.9. The molecule has 0 unspecified atom stereocenters. The van der Waals surface area contributed by atoms with Crippen LogP contribution in [-0.2, 0) is 0 Å². The summed E-state index contributed by atoms with van der Waals surface area (Å²) in [6, 6.07) is 4.18. The van der Waals surface area contributed by atoms with Crippen LogP contribution in [0.5, 0.6) is 0 Å². The highest BCUT2D eigenvalue weighted by molar-refractivity contribution is 9.10. The molecule has 0 aliphatic heterocycles. The zero-order valence-corrected chi connectivity index (χ0v) is 9.90. The third-order valence-electron chi connectivity index (χ3n) is 1.84. The van der Waals surface area contributed by atoms with Crippen LogP contribution < -0.4 is 10.6 Å². The van der Waals surface area contributed by atoms with Crippen molar-refractivity contribution < 1.29 is 9.18 Å². The Hall–Kier alpha value is -0.940. The molecule has 1 aromatic carbocycles. The molecule has 0 aliphatic rings. The summed E-state index contributed by atoms with van der Waals surface area (Å²) in [5.41, 5.74) is 0.444. The van der Waals surface area contributed by atoms with Gasteiger partial charge in [-0.25, -0.2) is 4.39 Å². The molecule has 0 radical (unpaired) electrons. The minimum Gasteiger partial charge on any atom is -0.351 e. The summed E-state index contributed by atoms with van der Waals surface area (Å²) in [6.45, 7) is 1.25. The molecule has 5 heteroatoms. The second-order valence-electron chi connectivity index (χ2n) is 2.99. The van der Waals surface area contributed by atoms with E-state index in [2.05, 4.69) is 26.6 Å². The summed E-state index contributed by atoms with van der Waals surface area (Å²) in [4.78, 5) is 11.5. The fourth-order valence-corrected chi connectivity index (χ4v) is 1.42. The normalized spacial score (nSPS) is 10.1. The predicted octanol–water partition coefficient (Wildman–Crippen LogP) is 1.54. The van der Waals surface area contributed by atoms with Crippen molar-refractivity contribution >= 4 is 21.8 Å². The smallest absolute Gasteiger partial charge is 0.251 e. The van der Waals surface area contributed by atoms with Crippen molar-refractivity contribution in [1.82, 2.24) is 10.6 Å². The van der Waals surface area contributed by atoms with Crippen LogP contribution >= 0.6 is 15.9 Å². The Morgan fingerprint density at radius 3 is 2.80 bits per heavy atom. The van der Waals surface area contributed by atoms with Gasteiger partial charge in [0.1, 0.15) is 5.82 Å². The first-order valence-electron chi connectivity index (χ1n) is 4.53. The zero-order valence-electron chi connectivity index (χ0n) is 8.31. The van der Waals surface area contributed by atoms with Gasteiger partial charge in [0.15, 0.2) is 0 Å². The van der Waals surface area contributed by atoms with Crippen molar-refractivity contribution in [1.29, 1.82) is 0 Å². The summed E-state index contributed by atoms with van der Waals surface area (Å²) in [5, 5.41) is 5.61. The second kappa shape index (κ2) is 5.82. The molecule has 0 heterocycles. The molecule has 0 atom stereocenters. The molecule has 0 saturated carbocycles. The minimum atomic E-state index is -0.373. The van der Waals surface area contributed by atoms with Gasteiger partial charge in [-0.05, 0) is 41.2 Å². The Labute approximate surface area is 96.2 Å². The van der Waals surface area contributed by atoms with E-state index in [0.29, 0.717) is 23.1 Å². The van der Waals surface area contributed by atoms with Gasteiger partial charge in [0.05, 0.1) is 4.47 Å². The van der Waals surface area contributed by atoms with Gasteiger partial charge in [-0.3, -0.25) is 4.79 Å². The van der Waals surface area contributed by atoms with E-state index in [4.69, 9.17) is 0 Å². The quantitative estimate of drug-likeness (QED) is 0.818. The van der Waals surface area contributed by atoms with Crippen molar-refractivity contribution in [2.24, 2.45) is 0 Å². The van der Waals surface area contributed by atoms with E-state index in [-0.39, 0.29) is 11.7 Å². The predicted molar refractivity (Wildman–Crippen MR) is 60.4 cm³/mol. The topological polar surface area (TPSA) is 41.1 Å². The Balaban J connectivity index is 2.62. The summed E-state index contributed by atoms with van der Waals surface area (Å²) >= 11 is 3.03. The molecule has 2 N–H and O–H groups in total. The van der Waals surface area contributed by atoms with E-state index >= 15 is 0 Å². The monoisotopic (exact) mass is 274 g/mol. The maximum absolute atomic E-state index is 12.9. The summed E-state index contributed by atoms with van der Waals surface area (Å²) in [7, 11) is 1.81. The third kappa shape index (κ3) is 3.60. The number of hydrogen-bond donors (Lipinski definition) is 2. The molecule has 0 fully saturated rings. The van der Waals surface area contributed by atoms with Crippen LogP contribution in [0.2, 0.25) is 0 Å². The maximum atomic E-state index is 12.9. The van der Waals surface area contributed by atoms with Gasteiger partial charge in [0.2, 0.25) is 0 Å². The van der Waals surface area contributed by atoms with Crippen LogP contribution in [0.15, 0.2) is 22.7 Å². The van der Waals surface area contributed by atoms with Crippen molar-refractivity contribution in [3.05, 3.63) is 34.1 Å². The van der Waals surface area contributed by atoms with E-state index in [0.717, 1.165) is 0 Å². The molecule has 0 saturated heterocycles. The van der Waals surface area contributed by atoms with Crippen molar-refractivity contribution in [2.45, 2.75) is 0 Å². The van der Waals surface area contributed by atoms with E-state index in [1.807, 2.05) is 0 Å². The van der Waals surface area contributed by atoms with Gasteiger partial charge in [-0.2, -0.15) is 0 Å². The number of benzene rings is 1. The van der Waals surface area contributed by atoms with E-state index < -0.39 is 0 Å². The fraction of sp³-hybridized carbons (Fsp3) is 0.300. The Kier molecular flexibility index (Phi) is 4.71. The highest BCUT2D eigenvalue weighted by Crippen LogP contribution is 2.16. The number of rotatable bonds is 4. The molecule has 0 aliphatic carbocycles. The van der Waals surface area contributed by atoms with Gasteiger partial charge in [0.25, 0.3) is 5.91 Å². The molecule has 82 valence electrons. The molecule has 15 heavy (non-hydrogen) atoms. The lowest BCUT2D eigenvalue weighted by molar-refractivity contribution is 0.0954. The lowest BCUT2D eigenvalue weighted by Gasteiger charge is -2.05. The van der Waals surface area contributed by atoms with Gasteiger partial charge >= 0.3 is 0 Å². The number of carbonyl (C=O) groups excluding carboxylic acids is 1. The number of amides is 1. The van der Waals surface area contributed by atoms with E-state index in [1.54, 1.807) is 7.05 Å². The standard InChI is InChI=1S/C10H12BrFN2O/c1-13-4-5-14-10(15)7-2-3-9(12)8(11)6-7/h2-3,6,13H,4-5H2,1H3,(H,14,15). The van der Waals surface area contributed by atoms with Crippen molar-refractivity contribution in [3.63, 3.8) is 0 Å². The number of nitrogens with one attached hydrogen (secondary N) is 2. The average molecular weight is 275 g/mol. The van der Waals surface area contributed by atoms with Crippen molar-refractivity contribution in [3.8, 4) is 0 Å². The lowest BCUT2D eigenvalue weighted by Crippen LogP contribution is -2.30. The Morgan fingerprint density at radius 2 is 2.20 bits per heavy atom. The summed E-state index contributed by atoms with van der Waals surface area (Å²) < 4.78 is 13.2. The lowest BCUT2D eigenvalue weighted by atomic mass is 10.2. The highest BCUT2D eigenvalue weighted by Gasteiger charge is 2.07. The molecule has 0 bridgehead atoms. The maximum Gasteiger partial charge on any atom is 0.251 e. The first kappa shape index (κ1) is 12.1. The number of halogens is 2. The first-order valence-corrected chi connectivity index (χ1v) is 5.32. The van der Waals surface area contributed by atoms with Crippen LogP contribution in [0.25, 0.3) is 0 Å². The van der Waals surface area contributed by atoms with Gasteiger partial charge in [0, 0.05) is 18.7 Å². The van der Waals surface area contributed by atoms with E-state index in [9.17, 15) is 9.18 Å². The van der Waals surface area contributed by atoms with Crippen LogP contribution in [0, 0.1) is 5.82 Å². The number of likely N-dealkylation sites (N-methyl/N-ethyl adjacent to an activating group) is 1. The molecular formula is C10H12BrFN2O. The SMILES string of the molecule is CNCCNC(=O)c1ccc(F)c(Br)c1. The minimum absolute atomic E-state index is 0.203. The molecule has 3 nitrogen and oxygen atoms in total. The second-order valence-corrected chi connectivity index (χ2v) is 3.84. The van der Waals surface area contributed by atoms with Crippen LogP contribution in [0.3, 0.4) is 0 Å². The van der Waals surface area contributed by atoms with Gasteiger partial charge in [-0.1, -0.05) is 0 Å². The summed E-state index contributed by atoms with van der Waals surface area (Å²) in [6.07, 6.45) is 0. The summed E-state index contributed by atoms with van der Waals surface area (Å²) in [5.74, 6) is -0.576. The van der Waals surface area contributed by atoms with E-state index in [1.165, 1.54) is 18.2 Å². The molecule has 1 aromatic rings. The first-order chi connectivity index (χ1) is 7.15. The van der Waals surface area contributed by atoms with Gasteiger partial charge < -0.3 is 10.6 Å². The Bertz CT molecular complexity index is 357. The third-order valence-corrected chi connectivity index (χ3v) is 2.45. The van der Waals surface area contributed by atoms with Crippen molar-refractivity contribution in [2.75, 3.05) is 20.1 Å². The molecule has 1 amide bonds.